The highest BCUT2D eigenvalue weighted by Crippen LogP contribution is 2.68. The van der Waals surface area contributed by atoms with Gasteiger partial charge in [-0.1, -0.05) is 26.8 Å². The van der Waals surface area contributed by atoms with Crippen LogP contribution in [0.1, 0.15) is 40.0 Å². The summed E-state index contributed by atoms with van der Waals surface area (Å²) in [4.78, 5) is 24.4. The van der Waals surface area contributed by atoms with Crippen molar-refractivity contribution in [1.29, 1.82) is 0 Å². The number of alkyl halides is 1. The van der Waals surface area contributed by atoms with Crippen LogP contribution in [0.2, 0.25) is 0 Å². The maximum Gasteiger partial charge on any atom is 0.190 e. The van der Waals surface area contributed by atoms with E-state index in [1.165, 1.54) is 12.2 Å². The quantitative estimate of drug-likeness (QED) is 0.666. The van der Waals surface area contributed by atoms with Gasteiger partial charge in [-0.25, -0.2) is 4.39 Å². The van der Waals surface area contributed by atoms with Gasteiger partial charge in [0.1, 0.15) is 18.4 Å². The van der Waals surface area contributed by atoms with E-state index in [9.17, 15) is 24.9 Å². The SMILES string of the molecule is C[C@@H]1C[C@H]2[C@@H]3C[C@@H](F)C4=CC(=O)C=C[C@]4(C)[C@H]3[C@@H](O)C[C@]2(C)[C@@]1(O)C(=O)CO. The highest BCUT2D eigenvalue weighted by molar-refractivity contribution is 6.01. The normalized spacial score (nSPS) is 52.5. The van der Waals surface area contributed by atoms with E-state index in [0.717, 1.165) is 0 Å². The second-order valence-electron chi connectivity index (χ2n) is 9.79. The molecule has 4 aliphatic carbocycles. The molecule has 0 unspecified atom stereocenters. The van der Waals surface area contributed by atoms with E-state index in [4.69, 9.17) is 0 Å². The van der Waals surface area contributed by atoms with Crippen molar-refractivity contribution in [2.45, 2.75) is 57.9 Å². The number of aliphatic hydroxyl groups is 3. The fourth-order valence-corrected chi connectivity index (χ4v) is 7.38. The summed E-state index contributed by atoms with van der Waals surface area (Å²) in [6, 6.07) is 0. The topological polar surface area (TPSA) is 94.8 Å². The third-order valence-corrected chi connectivity index (χ3v) is 8.63. The zero-order valence-corrected chi connectivity index (χ0v) is 16.6. The molecule has 5 nitrogen and oxygen atoms in total. The average Bonchev–Trinajstić information content (AvgIpc) is 2.83. The zero-order chi connectivity index (χ0) is 20.6. The lowest BCUT2D eigenvalue weighted by molar-refractivity contribution is -0.185. The van der Waals surface area contributed by atoms with Crippen LogP contribution in [0.4, 0.5) is 4.39 Å². The molecule has 3 N–H and O–H groups in total. The molecule has 9 atom stereocenters. The molecule has 0 aromatic heterocycles. The van der Waals surface area contributed by atoms with Crippen molar-refractivity contribution in [2.75, 3.05) is 6.61 Å². The largest absolute Gasteiger partial charge is 0.393 e. The summed E-state index contributed by atoms with van der Waals surface area (Å²) in [6.45, 7) is 4.71. The predicted octanol–water partition coefficient (Wildman–Crippen LogP) is 1.75. The molecule has 0 saturated heterocycles. The van der Waals surface area contributed by atoms with Crippen molar-refractivity contribution in [2.24, 2.45) is 34.5 Å². The molecule has 4 rings (SSSR count). The van der Waals surface area contributed by atoms with Crippen LogP contribution in [0.15, 0.2) is 23.8 Å². The number of hydrogen-bond donors (Lipinski definition) is 3. The van der Waals surface area contributed by atoms with Gasteiger partial charge in [-0.3, -0.25) is 9.59 Å². The summed E-state index contributed by atoms with van der Waals surface area (Å²) < 4.78 is 15.2. The van der Waals surface area contributed by atoms with E-state index < -0.39 is 41.1 Å². The smallest absolute Gasteiger partial charge is 0.190 e. The Labute approximate surface area is 164 Å². The van der Waals surface area contributed by atoms with Gasteiger partial charge in [0.15, 0.2) is 11.6 Å². The summed E-state index contributed by atoms with van der Waals surface area (Å²) >= 11 is 0. The van der Waals surface area contributed by atoms with Gasteiger partial charge in [-0.05, 0) is 54.7 Å². The molecule has 4 aliphatic rings. The first-order chi connectivity index (χ1) is 13.0. The van der Waals surface area contributed by atoms with E-state index in [1.54, 1.807) is 19.9 Å². The number of allylic oxidation sites excluding steroid dienone is 4. The lowest BCUT2D eigenvalue weighted by Gasteiger charge is -2.60. The molecule has 0 spiro atoms. The van der Waals surface area contributed by atoms with Crippen LogP contribution < -0.4 is 0 Å². The van der Waals surface area contributed by atoms with E-state index in [1.807, 2.05) is 6.92 Å². The van der Waals surface area contributed by atoms with Crippen molar-refractivity contribution < 1.29 is 29.3 Å². The van der Waals surface area contributed by atoms with Crippen LogP contribution >= 0.6 is 0 Å². The first-order valence-corrected chi connectivity index (χ1v) is 10.1. The van der Waals surface area contributed by atoms with Crippen LogP contribution in [-0.4, -0.2) is 51.4 Å². The summed E-state index contributed by atoms with van der Waals surface area (Å²) in [7, 11) is 0. The Hall–Kier alpha value is -1.37. The lowest BCUT2D eigenvalue weighted by Crippen LogP contribution is -2.63. The Morgan fingerprint density at radius 2 is 2.00 bits per heavy atom. The van der Waals surface area contributed by atoms with Crippen molar-refractivity contribution in [3.63, 3.8) is 0 Å². The van der Waals surface area contributed by atoms with Gasteiger partial charge in [0.05, 0.1) is 6.10 Å². The summed E-state index contributed by atoms with van der Waals surface area (Å²) in [5, 5.41) is 32.1. The maximum atomic E-state index is 15.2. The summed E-state index contributed by atoms with van der Waals surface area (Å²) in [5.74, 6) is -1.92. The molecule has 3 saturated carbocycles. The van der Waals surface area contributed by atoms with E-state index in [2.05, 4.69) is 0 Å². The van der Waals surface area contributed by atoms with Gasteiger partial charge in [0.25, 0.3) is 0 Å². The molecular weight excluding hydrogens is 363 g/mol. The molecule has 3 fully saturated rings. The number of carbonyl (C=O) groups excluding carboxylic acids is 2. The molecule has 0 aromatic rings. The molecule has 28 heavy (non-hydrogen) atoms. The second kappa shape index (κ2) is 6.07. The van der Waals surface area contributed by atoms with Crippen LogP contribution in [0.5, 0.6) is 0 Å². The standard InChI is InChI=1S/C22H29FO5/c1-11-6-14-13-8-16(23)15-7-12(25)4-5-20(15,2)19(13)17(26)9-21(14,3)22(11,28)18(27)10-24/h4-5,7,11,13-14,16-17,19,24,26,28H,6,8-10H2,1-3H3/t11-,13+,14+,16-,17+,19-,20+,21+,22+/m1/s1. The minimum Gasteiger partial charge on any atom is -0.393 e. The molecular formula is C22H29FO5. The molecule has 0 aliphatic heterocycles. The van der Waals surface area contributed by atoms with E-state index in [-0.39, 0.29) is 42.3 Å². The van der Waals surface area contributed by atoms with Gasteiger partial charge in [0.2, 0.25) is 0 Å². The first kappa shape index (κ1) is 19.9. The molecule has 6 heteroatoms. The Balaban J connectivity index is 1.81. The van der Waals surface area contributed by atoms with Crippen LogP contribution in [0, 0.1) is 34.5 Å². The fraction of sp³-hybridized carbons (Fsp3) is 0.727. The number of ketones is 2. The minimum absolute atomic E-state index is 0.154. The molecule has 154 valence electrons. The Morgan fingerprint density at radius 1 is 1.32 bits per heavy atom. The third kappa shape index (κ3) is 2.22. The van der Waals surface area contributed by atoms with Gasteiger partial charge in [-0.15, -0.1) is 0 Å². The molecule has 0 radical (unpaired) electrons. The second-order valence-corrected chi connectivity index (χ2v) is 9.79. The third-order valence-electron chi connectivity index (χ3n) is 8.63. The predicted molar refractivity (Wildman–Crippen MR) is 99.9 cm³/mol. The van der Waals surface area contributed by atoms with Crippen LogP contribution in [0.25, 0.3) is 0 Å². The number of carbonyl (C=O) groups is 2. The Bertz CT molecular complexity index is 790. The summed E-state index contributed by atoms with van der Waals surface area (Å²) in [6.07, 6.45) is 3.29. The van der Waals surface area contributed by atoms with Crippen molar-refractivity contribution >= 4 is 11.6 Å². The highest BCUT2D eigenvalue weighted by atomic mass is 19.1. The number of hydrogen-bond acceptors (Lipinski definition) is 5. The Kier molecular flexibility index (Phi) is 4.32. The minimum atomic E-state index is -1.74. The lowest BCUT2D eigenvalue weighted by atomic mass is 9.46. The molecule has 0 aromatic carbocycles. The number of rotatable bonds is 2. The zero-order valence-electron chi connectivity index (χ0n) is 16.6. The van der Waals surface area contributed by atoms with E-state index in [0.29, 0.717) is 12.0 Å². The number of Topliss-reactive ketones (excluding diaryl/α,β-unsaturated/α-hetero) is 1. The Morgan fingerprint density at radius 3 is 2.64 bits per heavy atom. The van der Waals surface area contributed by atoms with Crippen molar-refractivity contribution in [3.05, 3.63) is 23.8 Å². The van der Waals surface area contributed by atoms with E-state index >= 15 is 4.39 Å². The summed E-state index contributed by atoms with van der Waals surface area (Å²) in [5.41, 5.74) is -3.00. The highest BCUT2D eigenvalue weighted by Gasteiger charge is 2.71. The van der Waals surface area contributed by atoms with Crippen LogP contribution in [0.3, 0.4) is 0 Å². The molecule has 0 amide bonds. The average molecular weight is 392 g/mol. The van der Waals surface area contributed by atoms with Gasteiger partial charge < -0.3 is 15.3 Å². The maximum absolute atomic E-state index is 15.2. The number of fused-ring (bicyclic) bond motifs is 5. The van der Waals surface area contributed by atoms with Gasteiger partial charge >= 0.3 is 0 Å². The van der Waals surface area contributed by atoms with Gasteiger partial charge in [0, 0.05) is 16.7 Å². The van der Waals surface area contributed by atoms with Crippen molar-refractivity contribution in [1.82, 2.24) is 0 Å². The molecule has 0 heterocycles. The van der Waals surface area contributed by atoms with Crippen molar-refractivity contribution in [3.8, 4) is 0 Å². The monoisotopic (exact) mass is 392 g/mol. The van der Waals surface area contributed by atoms with Crippen LogP contribution in [-0.2, 0) is 9.59 Å². The first-order valence-electron chi connectivity index (χ1n) is 10.1. The molecule has 0 bridgehead atoms. The number of aliphatic hydroxyl groups excluding tert-OH is 2. The van der Waals surface area contributed by atoms with Gasteiger partial charge in [-0.2, -0.15) is 0 Å². The number of halogens is 1. The fourth-order valence-electron chi connectivity index (χ4n) is 7.38.